The molecule has 0 saturated carbocycles. The Hall–Kier alpha value is -2.32. The molecule has 0 radical (unpaired) electrons. The number of carboxylic acid groups (broad SMARTS) is 3. The van der Waals surface area contributed by atoms with E-state index in [1.54, 1.807) is 14.7 Å². The van der Waals surface area contributed by atoms with Crippen LogP contribution in [-0.4, -0.2) is 137 Å². The van der Waals surface area contributed by atoms with Crippen molar-refractivity contribution in [3.05, 3.63) is 0 Å². The summed E-state index contributed by atoms with van der Waals surface area (Å²) in [5.74, 6) is 2.02. The van der Waals surface area contributed by atoms with Gasteiger partial charge >= 0.3 is 17.9 Å². The minimum absolute atomic E-state index is 0.131. The predicted molar refractivity (Wildman–Crippen MR) is 119 cm³/mol. The van der Waals surface area contributed by atoms with Crippen LogP contribution < -0.4 is 11.3 Å². The molecule has 1 aliphatic rings. The molecule has 1 rings (SSSR count). The van der Waals surface area contributed by atoms with Crippen molar-refractivity contribution >= 4 is 23.8 Å². The fourth-order valence-electron chi connectivity index (χ4n) is 3.72. The molecule has 1 amide bonds. The number of nitrogens with one attached hydrogen (secondary N) is 1. The maximum Gasteiger partial charge on any atom is 0.317 e. The number of rotatable bonds is 12. The average molecular weight is 475 g/mol. The molecule has 0 spiro atoms. The Morgan fingerprint density at radius 2 is 0.970 bits per heavy atom. The van der Waals surface area contributed by atoms with Crippen LogP contribution in [0.1, 0.15) is 25.7 Å². The Kier molecular flexibility index (Phi) is 14.2. The summed E-state index contributed by atoms with van der Waals surface area (Å²) in [5, 5.41) is 27.7. The summed E-state index contributed by atoms with van der Waals surface area (Å²) < 4.78 is 0. The van der Waals surface area contributed by atoms with Crippen molar-refractivity contribution in [2.45, 2.75) is 25.7 Å². The molecule has 0 atom stereocenters. The third-order valence-corrected chi connectivity index (χ3v) is 5.55. The first-order valence-electron chi connectivity index (χ1n) is 11.2. The Balaban J connectivity index is 2.78. The van der Waals surface area contributed by atoms with Crippen molar-refractivity contribution in [1.82, 2.24) is 25.0 Å². The van der Waals surface area contributed by atoms with Gasteiger partial charge in [-0.05, 0) is 19.4 Å². The van der Waals surface area contributed by atoms with Crippen molar-refractivity contribution in [2.24, 2.45) is 5.84 Å². The third-order valence-electron chi connectivity index (χ3n) is 5.55. The molecule has 1 saturated heterocycles. The van der Waals surface area contributed by atoms with E-state index >= 15 is 0 Å². The van der Waals surface area contributed by atoms with Gasteiger partial charge in [-0.1, -0.05) is 6.42 Å². The summed E-state index contributed by atoms with van der Waals surface area (Å²) in [7, 11) is 0. The topological polar surface area (TPSA) is 180 Å². The van der Waals surface area contributed by atoms with Gasteiger partial charge in [0.25, 0.3) is 0 Å². The van der Waals surface area contributed by atoms with Crippen LogP contribution in [0.3, 0.4) is 0 Å². The zero-order chi connectivity index (χ0) is 24.6. The highest BCUT2D eigenvalue weighted by Gasteiger charge is 2.20. The molecule has 13 nitrogen and oxygen atoms in total. The number of carboxylic acids is 3. The van der Waals surface area contributed by atoms with E-state index in [1.165, 1.54) is 0 Å². The summed E-state index contributed by atoms with van der Waals surface area (Å²) in [6.45, 7) is 4.08. The minimum Gasteiger partial charge on any atom is -0.480 e. The van der Waals surface area contributed by atoms with Gasteiger partial charge in [0.15, 0.2) is 0 Å². The lowest BCUT2D eigenvalue weighted by Crippen LogP contribution is -2.48. The molecule has 0 aromatic heterocycles. The fraction of sp³-hybridized carbons (Fsp3) is 0.800. The molecule has 1 heterocycles. The van der Waals surface area contributed by atoms with Crippen LogP contribution in [0.15, 0.2) is 0 Å². The van der Waals surface area contributed by atoms with E-state index in [0.717, 1.165) is 19.4 Å². The van der Waals surface area contributed by atoms with E-state index < -0.39 is 17.9 Å². The highest BCUT2D eigenvalue weighted by Crippen LogP contribution is 2.05. The summed E-state index contributed by atoms with van der Waals surface area (Å²) in [5.41, 5.74) is 2.11. The molecule has 1 aliphatic heterocycles. The second-order valence-electron chi connectivity index (χ2n) is 8.23. The normalized spacial score (nSPS) is 18.2. The summed E-state index contributed by atoms with van der Waals surface area (Å²) in [4.78, 5) is 52.5. The van der Waals surface area contributed by atoms with Gasteiger partial charge in [0.2, 0.25) is 5.91 Å². The van der Waals surface area contributed by atoms with Crippen LogP contribution in [0.2, 0.25) is 0 Å². The van der Waals surface area contributed by atoms with E-state index in [4.69, 9.17) is 5.84 Å². The number of nitrogens with two attached hydrogens (primary N) is 1. The van der Waals surface area contributed by atoms with E-state index in [-0.39, 0.29) is 25.5 Å². The molecule has 0 unspecified atom stereocenters. The second kappa shape index (κ2) is 16.3. The number of hydrazine groups is 1. The summed E-state index contributed by atoms with van der Waals surface area (Å²) in [6, 6.07) is 0. The van der Waals surface area contributed by atoms with Crippen LogP contribution in [0.5, 0.6) is 0 Å². The summed E-state index contributed by atoms with van der Waals surface area (Å²) >= 11 is 0. The fourth-order valence-corrected chi connectivity index (χ4v) is 3.72. The maximum atomic E-state index is 11.3. The van der Waals surface area contributed by atoms with E-state index in [1.807, 2.05) is 0 Å². The van der Waals surface area contributed by atoms with Crippen LogP contribution in [0.4, 0.5) is 0 Å². The van der Waals surface area contributed by atoms with Crippen LogP contribution in [0, 0.1) is 0 Å². The Morgan fingerprint density at radius 3 is 1.30 bits per heavy atom. The number of carbonyl (C=O) groups is 4. The highest BCUT2D eigenvalue weighted by atomic mass is 16.4. The molecule has 190 valence electrons. The third kappa shape index (κ3) is 14.4. The largest absolute Gasteiger partial charge is 0.480 e. The maximum absolute atomic E-state index is 11.3. The molecule has 33 heavy (non-hydrogen) atoms. The van der Waals surface area contributed by atoms with Gasteiger partial charge in [0, 0.05) is 58.8 Å². The zero-order valence-corrected chi connectivity index (χ0v) is 19.2. The first-order valence-corrected chi connectivity index (χ1v) is 11.2. The Bertz CT molecular complexity index is 604. The molecular formula is C20H38N6O7. The molecular weight excluding hydrogens is 436 g/mol. The average Bonchev–Trinajstić information content (AvgIpc) is 2.73. The Morgan fingerprint density at radius 1 is 0.606 bits per heavy atom. The first-order chi connectivity index (χ1) is 15.7. The molecule has 0 aromatic carbocycles. The van der Waals surface area contributed by atoms with Crippen LogP contribution in [0.25, 0.3) is 0 Å². The van der Waals surface area contributed by atoms with Gasteiger partial charge in [-0.15, -0.1) is 0 Å². The first kappa shape index (κ1) is 28.7. The van der Waals surface area contributed by atoms with Gasteiger partial charge in [-0.25, -0.2) is 5.84 Å². The lowest BCUT2D eigenvalue weighted by molar-refractivity contribution is -0.140. The number of hydrogen-bond donors (Lipinski definition) is 5. The number of amides is 1. The van der Waals surface area contributed by atoms with Crippen molar-refractivity contribution in [3.8, 4) is 0 Å². The number of carbonyl (C=O) groups excluding carboxylic acids is 1. The molecule has 0 bridgehead atoms. The smallest absolute Gasteiger partial charge is 0.317 e. The van der Waals surface area contributed by atoms with E-state index in [2.05, 4.69) is 10.3 Å². The quantitative estimate of drug-likeness (QED) is 0.0911. The lowest BCUT2D eigenvalue weighted by atomic mass is 10.2. The highest BCUT2D eigenvalue weighted by molar-refractivity contribution is 5.75. The van der Waals surface area contributed by atoms with Gasteiger partial charge < -0.3 is 20.2 Å². The van der Waals surface area contributed by atoms with Crippen LogP contribution >= 0.6 is 0 Å². The van der Waals surface area contributed by atoms with Crippen molar-refractivity contribution in [3.63, 3.8) is 0 Å². The minimum atomic E-state index is -0.980. The van der Waals surface area contributed by atoms with Crippen molar-refractivity contribution < 1.29 is 34.5 Å². The van der Waals surface area contributed by atoms with Crippen molar-refractivity contribution in [2.75, 3.05) is 78.5 Å². The number of unbranched alkanes of at least 4 members (excludes halogenated alkanes) is 2. The molecule has 0 aliphatic carbocycles. The number of hydrogen-bond acceptors (Lipinski definition) is 9. The monoisotopic (exact) mass is 474 g/mol. The van der Waals surface area contributed by atoms with Crippen molar-refractivity contribution in [1.29, 1.82) is 0 Å². The lowest BCUT2D eigenvalue weighted by Gasteiger charge is -2.33. The SMILES string of the molecule is NNC(=O)CCCCCN1CCN(CC(=O)O)CCN(CC(=O)O)CCN(CC(=O)O)CC1. The zero-order valence-electron chi connectivity index (χ0n) is 19.2. The van der Waals surface area contributed by atoms with E-state index in [9.17, 15) is 34.5 Å². The predicted octanol–water partition coefficient (Wildman–Crippen LogP) is -1.99. The van der Waals surface area contributed by atoms with Gasteiger partial charge in [-0.3, -0.25) is 39.3 Å². The molecule has 0 aromatic rings. The number of aliphatic carboxylic acids is 3. The molecule has 6 N–H and O–H groups in total. The van der Waals surface area contributed by atoms with Gasteiger partial charge in [-0.2, -0.15) is 0 Å². The Labute approximate surface area is 194 Å². The van der Waals surface area contributed by atoms with Gasteiger partial charge in [0.1, 0.15) is 0 Å². The second-order valence-corrected chi connectivity index (χ2v) is 8.23. The van der Waals surface area contributed by atoms with Gasteiger partial charge in [0.05, 0.1) is 19.6 Å². The number of nitrogens with zero attached hydrogens (tertiary/aromatic N) is 4. The van der Waals surface area contributed by atoms with Crippen LogP contribution in [-0.2, 0) is 19.2 Å². The standard InChI is InChI=1S/C20H38N6O7/c21-22-17(27)4-2-1-3-5-23-6-8-24(14-18(28)29)10-12-26(16-20(32)33)13-11-25(9-7-23)15-19(30)31/h1-16,21H2,(H,22,27)(H,28,29)(H,30,31)(H,32,33). The molecule has 1 fully saturated rings. The van der Waals surface area contributed by atoms with E-state index in [0.29, 0.717) is 65.2 Å². The summed E-state index contributed by atoms with van der Waals surface area (Å²) in [6.07, 6.45) is 2.77. The molecule has 13 heteroatoms.